The minimum Gasteiger partial charge on any atom is -0.361 e. The van der Waals surface area contributed by atoms with Gasteiger partial charge in [-0.15, -0.1) is 0 Å². The lowest BCUT2D eigenvalue weighted by molar-refractivity contribution is 0.517. The summed E-state index contributed by atoms with van der Waals surface area (Å²) in [6, 6.07) is 2.42. The maximum Gasteiger partial charge on any atom is 0.168 e. The Morgan fingerprint density at radius 1 is 1.36 bits per heavy atom. The maximum atomic E-state index is 13.0. The fourth-order valence-corrected chi connectivity index (χ4v) is 0.998. The average molecular weight is 154 g/mol. The van der Waals surface area contributed by atoms with E-state index in [-0.39, 0.29) is 11.4 Å². The molecule has 2 aromatic rings. The molecule has 0 aliphatic rings. The maximum absolute atomic E-state index is 13.0. The molecule has 2 rings (SSSR count). The molecule has 3 heteroatoms. The first-order valence-corrected chi connectivity index (χ1v) is 3.12. The van der Waals surface area contributed by atoms with E-state index in [1.807, 2.05) is 0 Å². The van der Waals surface area contributed by atoms with Crippen LogP contribution in [0.3, 0.4) is 0 Å². The Labute approximate surface area is 63.1 Å². The highest BCUT2D eigenvalue weighted by Gasteiger charge is 2.05. The van der Waals surface area contributed by atoms with Crippen molar-refractivity contribution in [1.82, 2.24) is 4.98 Å². The van der Waals surface area contributed by atoms with Crippen LogP contribution in [-0.4, -0.2) is 4.98 Å². The Kier molecular flexibility index (Phi) is 0.987. The number of hydrogen-bond acceptors (Lipinski definition) is 0. The smallest absolute Gasteiger partial charge is 0.168 e. The topological polar surface area (TPSA) is 15.8 Å². The summed E-state index contributed by atoms with van der Waals surface area (Å²) in [5, 5.41) is 0.00926. The molecule has 0 aliphatic carbocycles. The monoisotopic (exact) mass is 154 g/mol. The van der Waals surface area contributed by atoms with Crippen LogP contribution in [0.1, 0.15) is 1.37 Å². The van der Waals surface area contributed by atoms with Gasteiger partial charge in [0.25, 0.3) is 0 Å². The third-order valence-electron chi connectivity index (χ3n) is 1.54. The van der Waals surface area contributed by atoms with Crippen molar-refractivity contribution >= 4 is 10.9 Å². The fourth-order valence-electron chi connectivity index (χ4n) is 0.998. The molecule has 0 saturated heterocycles. The lowest BCUT2D eigenvalue weighted by atomic mass is 10.2. The van der Waals surface area contributed by atoms with Crippen molar-refractivity contribution in [2.45, 2.75) is 0 Å². The molecule has 56 valence electrons. The Balaban J connectivity index is 2.96. The molecule has 0 atom stereocenters. The SMILES string of the molecule is [2H]c1c[nH]c2ccc(F)c(F)c12. The summed E-state index contributed by atoms with van der Waals surface area (Å²) in [4.78, 5) is 2.66. The van der Waals surface area contributed by atoms with Gasteiger partial charge in [0.1, 0.15) is 0 Å². The van der Waals surface area contributed by atoms with Gasteiger partial charge in [0.15, 0.2) is 11.6 Å². The summed E-state index contributed by atoms with van der Waals surface area (Å²) in [6.45, 7) is 0. The summed E-state index contributed by atoms with van der Waals surface area (Å²) >= 11 is 0. The van der Waals surface area contributed by atoms with Crippen LogP contribution >= 0.6 is 0 Å². The van der Waals surface area contributed by atoms with Gasteiger partial charge in [0.2, 0.25) is 0 Å². The summed E-state index contributed by atoms with van der Waals surface area (Å²) in [7, 11) is 0. The second-order valence-electron chi connectivity index (χ2n) is 2.22. The molecule has 11 heavy (non-hydrogen) atoms. The molecule has 1 N–H and O–H groups in total. The number of aromatic amines is 1. The molecular weight excluding hydrogens is 148 g/mol. The first-order valence-electron chi connectivity index (χ1n) is 3.62. The number of aromatic nitrogens is 1. The molecule has 1 heterocycles. The van der Waals surface area contributed by atoms with Gasteiger partial charge in [-0.2, -0.15) is 0 Å². The number of hydrogen-bond donors (Lipinski definition) is 1. The Bertz CT molecular complexity index is 436. The number of benzene rings is 1. The van der Waals surface area contributed by atoms with E-state index in [0.29, 0.717) is 5.52 Å². The van der Waals surface area contributed by atoms with Gasteiger partial charge >= 0.3 is 0 Å². The van der Waals surface area contributed by atoms with E-state index in [2.05, 4.69) is 4.98 Å². The van der Waals surface area contributed by atoms with Crippen LogP contribution in [0, 0.1) is 11.6 Å². The van der Waals surface area contributed by atoms with Crippen molar-refractivity contribution in [3.05, 3.63) is 36.0 Å². The summed E-state index contributed by atoms with van der Waals surface area (Å²) in [5.74, 6) is -1.88. The largest absolute Gasteiger partial charge is 0.361 e. The van der Waals surface area contributed by atoms with Crippen LogP contribution < -0.4 is 0 Å². The Morgan fingerprint density at radius 2 is 2.18 bits per heavy atom. The second kappa shape index (κ2) is 2.05. The van der Waals surface area contributed by atoms with Crippen LogP contribution in [0.2, 0.25) is 0 Å². The summed E-state index contributed by atoms with van der Waals surface area (Å²) < 4.78 is 32.9. The fraction of sp³-hybridized carbons (Fsp3) is 0. The number of halogens is 2. The van der Waals surface area contributed by atoms with Gasteiger partial charge in [-0.3, -0.25) is 0 Å². The van der Waals surface area contributed by atoms with E-state index in [1.165, 1.54) is 12.3 Å². The lowest BCUT2D eigenvalue weighted by Crippen LogP contribution is -1.82. The van der Waals surface area contributed by atoms with Gasteiger partial charge in [-0.05, 0) is 18.2 Å². The second-order valence-corrected chi connectivity index (χ2v) is 2.22. The van der Waals surface area contributed by atoms with Crippen molar-refractivity contribution < 1.29 is 10.2 Å². The van der Waals surface area contributed by atoms with Gasteiger partial charge in [0.05, 0.1) is 1.37 Å². The zero-order valence-corrected chi connectivity index (χ0v) is 5.49. The van der Waals surface area contributed by atoms with Crippen LogP contribution in [0.15, 0.2) is 24.4 Å². The van der Waals surface area contributed by atoms with E-state index in [9.17, 15) is 8.78 Å². The number of H-pyrrole nitrogens is 1. The molecule has 0 saturated carbocycles. The van der Waals surface area contributed by atoms with Gasteiger partial charge in [-0.25, -0.2) is 8.78 Å². The first kappa shape index (κ1) is 5.29. The minimum absolute atomic E-state index is 0.00926. The van der Waals surface area contributed by atoms with E-state index in [1.54, 1.807) is 0 Å². The normalized spacial score (nSPS) is 12.0. The van der Waals surface area contributed by atoms with E-state index in [0.717, 1.165) is 6.07 Å². The van der Waals surface area contributed by atoms with Crippen LogP contribution in [-0.2, 0) is 0 Å². The quantitative estimate of drug-likeness (QED) is 0.599. The average Bonchev–Trinajstić information content (AvgIpc) is 2.41. The molecule has 1 nitrogen and oxygen atoms in total. The lowest BCUT2D eigenvalue weighted by Gasteiger charge is -1.92. The van der Waals surface area contributed by atoms with Crippen molar-refractivity contribution in [3.63, 3.8) is 0 Å². The Morgan fingerprint density at radius 3 is 3.00 bits per heavy atom. The molecule has 0 bridgehead atoms. The van der Waals surface area contributed by atoms with Gasteiger partial charge in [-0.1, -0.05) is 0 Å². The summed E-state index contributed by atoms with van der Waals surface area (Å²) in [5.41, 5.74) is 0.443. The summed E-state index contributed by atoms with van der Waals surface area (Å²) in [6.07, 6.45) is 1.33. The number of nitrogens with one attached hydrogen (secondary N) is 1. The highest BCUT2D eigenvalue weighted by atomic mass is 19.2. The predicted octanol–water partition coefficient (Wildman–Crippen LogP) is 2.45. The highest BCUT2D eigenvalue weighted by molar-refractivity contribution is 5.79. The van der Waals surface area contributed by atoms with E-state index < -0.39 is 11.6 Å². The predicted molar refractivity (Wildman–Crippen MR) is 38.2 cm³/mol. The van der Waals surface area contributed by atoms with Crippen molar-refractivity contribution in [2.75, 3.05) is 0 Å². The van der Waals surface area contributed by atoms with Gasteiger partial charge in [0, 0.05) is 17.1 Å². The van der Waals surface area contributed by atoms with Crippen LogP contribution in [0.4, 0.5) is 8.78 Å². The Hall–Kier alpha value is -1.38. The third-order valence-corrected chi connectivity index (χ3v) is 1.54. The number of rotatable bonds is 0. The van der Waals surface area contributed by atoms with Crippen molar-refractivity contribution in [3.8, 4) is 0 Å². The molecule has 0 unspecified atom stereocenters. The van der Waals surface area contributed by atoms with Crippen LogP contribution in [0.25, 0.3) is 10.9 Å². The molecule has 0 fully saturated rings. The third kappa shape index (κ3) is 0.808. The van der Waals surface area contributed by atoms with E-state index >= 15 is 0 Å². The molecule has 1 aromatic heterocycles. The number of fused-ring (bicyclic) bond motifs is 1. The van der Waals surface area contributed by atoms with Crippen molar-refractivity contribution in [1.29, 1.82) is 0 Å². The zero-order chi connectivity index (χ0) is 8.72. The first-order chi connectivity index (χ1) is 5.70. The molecule has 0 amide bonds. The highest BCUT2D eigenvalue weighted by Crippen LogP contribution is 2.18. The molecule has 1 aromatic carbocycles. The van der Waals surface area contributed by atoms with E-state index in [4.69, 9.17) is 1.37 Å². The van der Waals surface area contributed by atoms with Crippen LogP contribution in [0.5, 0.6) is 0 Å². The molecular formula is C8H5F2N. The standard InChI is InChI=1S/C8H5F2N/c9-6-1-2-7-5(8(6)10)3-4-11-7/h1-4,11H/i3D. The van der Waals surface area contributed by atoms with Crippen molar-refractivity contribution in [2.24, 2.45) is 0 Å². The zero-order valence-electron chi connectivity index (χ0n) is 6.49. The molecule has 0 spiro atoms. The van der Waals surface area contributed by atoms with Gasteiger partial charge < -0.3 is 4.98 Å². The molecule has 0 radical (unpaired) electrons. The minimum atomic E-state index is -0.959. The molecule has 0 aliphatic heterocycles.